The van der Waals surface area contributed by atoms with Gasteiger partial charge in [0.25, 0.3) is 5.91 Å². The SMILES string of the molecule is CCOC(=O)C(COC(=O)Cc1ccc(NC(=O)c2cccc3c2Cc2ccccc2-3)cc1)(C(=O)OCC)c1ccccc1. The number of carbonyl (C=O) groups excluding carboxylic acids is 4. The number of amides is 1. The largest absolute Gasteiger partial charge is 0.465 e. The molecule has 0 fully saturated rings. The van der Waals surface area contributed by atoms with E-state index in [0.717, 1.165) is 16.7 Å². The summed E-state index contributed by atoms with van der Waals surface area (Å²) in [4.78, 5) is 52.4. The van der Waals surface area contributed by atoms with E-state index in [1.807, 2.05) is 30.3 Å². The molecule has 0 aliphatic heterocycles. The van der Waals surface area contributed by atoms with Crippen LogP contribution in [0.2, 0.25) is 0 Å². The number of ether oxygens (including phenoxy) is 3. The van der Waals surface area contributed by atoms with E-state index < -0.39 is 29.9 Å². The summed E-state index contributed by atoms with van der Waals surface area (Å²) < 4.78 is 16.0. The van der Waals surface area contributed by atoms with Gasteiger partial charge in [0, 0.05) is 11.3 Å². The number of esters is 3. The molecule has 0 bridgehead atoms. The van der Waals surface area contributed by atoms with Crippen LogP contribution < -0.4 is 5.32 Å². The maximum absolute atomic E-state index is 13.2. The van der Waals surface area contributed by atoms with Crippen LogP contribution in [0.1, 0.15) is 46.5 Å². The number of benzene rings is 4. The summed E-state index contributed by atoms with van der Waals surface area (Å²) >= 11 is 0. The minimum Gasteiger partial charge on any atom is -0.465 e. The van der Waals surface area contributed by atoms with Crippen molar-refractivity contribution >= 4 is 29.5 Å². The molecule has 0 atom stereocenters. The predicted octanol–water partition coefficient (Wildman–Crippen LogP) is 5.66. The number of nitrogens with one attached hydrogen (secondary N) is 1. The van der Waals surface area contributed by atoms with Gasteiger partial charge in [-0.1, -0.05) is 78.9 Å². The van der Waals surface area contributed by atoms with E-state index >= 15 is 0 Å². The lowest BCUT2D eigenvalue weighted by Crippen LogP contribution is -2.50. The van der Waals surface area contributed by atoms with Crippen molar-refractivity contribution in [3.63, 3.8) is 0 Å². The van der Waals surface area contributed by atoms with Crippen LogP contribution in [-0.4, -0.2) is 43.6 Å². The standard InChI is InChI=1S/C36H33NO7/c1-3-42-34(40)36(35(41)43-4-2,26-12-6-5-7-13-26)23-44-32(38)21-24-17-19-27(20-18-24)37-33(39)30-16-10-15-29-28-14-9-8-11-25(28)22-31(29)30/h5-20H,3-4,21-23H2,1-2H3,(H,37,39). The third-order valence-electron chi connectivity index (χ3n) is 7.62. The van der Waals surface area contributed by atoms with Gasteiger partial charge in [0.2, 0.25) is 5.41 Å². The van der Waals surface area contributed by atoms with Gasteiger partial charge < -0.3 is 19.5 Å². The molecule has 0 unspecified atom stereocenters. The first-order valence-electron chi connectivity index (χ1n) is 14.5. The molecular formula is C36H33NO7. The molecule has 8 heteroatoms. The Morgan fingerprint density at radius 2 is 1.34 bits per heavy atom. The second kappa shape index (κ2) is 13.4. The summed E-state index contributed by atoms with van der Waals surface area (Å²) in [6.45, 7) is 2.74. The van der Waals surface area contributed by atoms with E-state index in [1.54, 1.807) is 68.4 Å². The van der Waals surface area contributed by atoms with E-state index in [-0.39, 0.29) is 25.5 Å². The molecule has 1 amide bonds. The fraction of sp³-hybridized carbons (Fsp3) is 0.222. The van der Waals surface area contributed by atoms with Crippen LogP contribution in [0.3, 0.4) is 0 Å². The van der Waals surface area contributed by atoms with Gasteiger partial charge in [-0.05, 0) is 71.8 Å². The van der Waals surface area contributed by atoms with E-state index in [2.05, 4.69) is 17.4 Å². The van der Waals surface area contributed by atoms with Crippen molar-refractivity contribution in [2.75, 3.05) is 25.1 Å². The molecule has 5 rings (SSSR count). The maximum Gasteiger partial charge on any atom is 0.331 e. The first-order valence-corrected chi connectivity index (χ1v) is 14.5. The van der Waals surface area contributed by atoms with Gasteiger partial charge in [-0.2, -0.15) is 0 Å². The number of carbonyl (C=O) groups is 4. The second-order valence-corrected chi connectivity index (χ2v) is 10.4. The normalized spacial score (nSPS) is 11.6. The van der Waals surface area contributed by atoms with Crippen LogP contribution in [0.5, 0.6) is 0 Å². The third kappa shape index (κ3) is 6.10. The average molecular weight is 592 g/mol. The zero-order valence-electron chi connectivity index (χ0n) is 24.6. The molecule has 4 aromatic carbocycles. The summed E-state index contributed by atoms with van der Waals surface area (Å²) in [5.74, 6) is -2.57. The molecule has 0 aromatic heterocycles. The Balaban J connectivity index is 1.25. The van der Waals surface area contributed by atoms with Crippen LogP contribution in [0.25, 0.3) is 11.1 Å². The lowest BCUT2D eigenvalue weighted by molar-refractivity contribution is -0.170. The van der Waals surface area contributed by atoms with Gasteiger partial charge in [-0.25, -0.2) is 0 Å². The molecular weight excluding hydrogens is 558 g/mol. The zero-order valence-corrected chi connectivity index (χ0v) is 24.6. The summed E-state index contributed by atoms with van der Waals surface area (Å²) in [5, 5.41) is 2.95. The summed E-state index contributed by atoms with van der Waals surface area (Å²) in [7, 11) is 0. The van der Waals surface area contributed by atoms with Crippen molar-refractivity contribution in [1.82, 2.24) is 0 Å². The molecule has 8 nitrogen and oxygen atoms in total. The smallest absolute Gasteiger partial charge is 0.331 e. The van der Waals surface area contributed by atoms with Crippen molar-refractivity contribution in [1.29, 1.82) is 0 Å². The van der Waals surface area contributed by atoms with Crippen molar-refractivity contribution in [3.05, 3.63) is 125 Å². The zero-order chi connectivity index (χ0) is 31.1. The molecule has 1 aliphatic carbocycles. The second-order valence-electron chi connectivity index (χ2n) is 10.4. The Labute approximate surface area is 256 Å². The minimum absolute atomic E-state index is 0.0318. The fourth-order valence-corrected chi connectivity index (χ4v) is 5.43. The summed E-state index contributed by atoms with van der Waals surface area (Å²) in [6, 6.07) is 29.0. The highest BCUT2D eigenvalue weighted by molar-refractivity contribution is 6.08. The monoisotopic (exact) mass is 591 g/mol. The highest BCUT2D eigenvalue weighted by Crippen LogP contribution is 2.38. The lowest BCUT2D eigenvalue weighted by Gasteiger charge is -2.29. The van der Waals surface area contributed by atoms with Crippen LogP contribution in [0, 0.1) is 0 Å². The van der Waals surface area contributed by atoms with Crippen molar-refractivity contribution in [2.24, 2.45) is 0 Å². The molecule has 4 aromatic rings. The predicted molar refractivity (Wildman–Crippen MR) is 165 cm³/mol. The number of hydrogen-bond donors (Lipinski definition) is 1. The quantitative estimate of drug-likeness (QED) is 0.120. The summed E-state index contributed by atoms with van der Waals surface area (Å²) in [5.41, 5.74) is 4.59. The Morgan fingerprint density at radius 3 is 2.02 bits per heavy atom. The van der Waals surface area contributed by atoms with E-state index in [1.165, 1.54) is 5.56 Å². The molecule has 44 heavy (non-hydrogen) atoms. The Hall–Kier alpha value is -5.24. The Bertz CT molecular complexity index is 1660. The highest BCUT2D eigenvalue weighted by atomic mass is 16.6. The van der Waals surface area contributed by atoms with Crippen molar-refractivity contribution < 1.29 is 33.4 Å². The van der Waals surface area contributed by atoms with Gasteiger partial charge in [-0.3, -0.25) is 19.2 Å². The molecule has 0 heterocycles. The topological polar surface area (TPSA) is 108 Å². The lowest BCUT2D eigenvalue weighted by atomic mass is 9.81. The average Bonchev–Trinajstić information content (AvgIpc) is 3.42. The van der Waals surface area contributed by atoms with Gasteiger partial charge >= 0.3 is 17.9 Å². The van der Waals surface area contributed by atoms with Crippen molar-refractivity contribution in [2.45, 2.75) is 32.1 Å². The number of rotatable bonds is 11. The first-order chi connectivity index (χ1) is 21.4. The van der Waals surface area contributed by atoms with Gasteiger partial charge in [0.1, 0.15) is 6.61 Å². The molecule has 224 valence electrons. The molecule has 0 spiro atoms. The van der Waals surface area contributed by atoms with E-state index in [4.69, 9.17) is 14.2 Å². The Morgan fingerprint density at radius 1 is 0.705 bits per heavy atom. The van der Waals surface area contributed by atoms with Crippen LogP contribution in [0.15, 0.2) is 97.1 Å². The van der Waals surface area contributed by atoms with Gasteiger partial charge in [0.05, 0.1) is 19.6 Å². The number of hydrogen-bond acceptors (Lipinski definition) is 7. The van der Waals surface area contributed by atoms with Crippen molar-refractivity contribution in [3.8, 4) is 11.1 Å². The van der Waals surface area contributed by atoms with Crippen LogP contribution in [-0.2, 0) is 46.9 Å². The number of anilines is 1. The fourth-order valence-electron chi connectivity index (χ4n) is 5.43. The first kappa shape index (κ1) is 30.2. The van der Waals surface area contributed by atoms with E-state index in [9.17, 15) is 19.2 Å². The molecule has 1 N–H and O–H groups in total. The number of fused-ring (bicyclic) bond motifs is 3. The maximum atomic E-state index is 13.2. The van der Waals surface area contributed by atoms with E-state index in [0.29, 0.717) is 28.8 Å². The highest BCUT2D eigenvalue weighted by Gasteiger charge is 2.52. The third-order valence-corrected chi connectivity index (χ3v) is 7.62. The molecule has 0 radical (unpaired) electrons. The van der Waals surface area contributed by atoms with Crippen LogP contribution >= 0.6 is 0 Å². The Kier molecular flexibility index (Phi) is 9.19. The van der Waals surface area contributed by atoms with Gasteiger partial charge in [-0.15, -0.1) is 0 Å². The van der Waals surface area contributed by atoms with Gasteiger partial charge in [0.15, 0.2) is 0 Å². The molecule has 1 aliphatic rings. The minimum atomic E-state index is -1.96. The molecule has 0 saturated heterocycles. The van der Waals surface area contributed by atoms with Crippen LogP contribution in [0.4, 0.5) is 5.69 Å². The summed E-state index contributed by atoms with van der Waals surface area (Å²) in [6.07, 6.45) is 0.587. The molecule has 0 saturated carbocycles.